The molecule has 106 valence electrons. The third-order valence-corrected chi connectivity index (χ3v) is 6.64. The largest absolute Gasteiger partial charge is 0.306 e. The predicted molar refractivity (Wildman–Crippen MR) is 85.3 cm³/mol. The Kier molecular flexibility index (Phi) is 4.52. The summed E-state index contributed by atoms with van der Waals surface area (Å²) < 4.78 is 1.54. The highest BCUT2D eigenvalue weighted by atomic mass is 32.2. The van der Waals surface area contributed by atoms with Crippen molar-refractivity contribution in [3.05, 3.63) is 17.0 Å². The van der Waals surface area contributed by atoms with Crippen LogP contribution in [0.25, 0.3) is 0 Å². The van der Waals surface area contributed by atoms with Crippen LogP contribution in [-0.4, -0.2) is 35.8 Å². The number of nitrogens with zero attached hydrogens (tertiary/aromatic N) is 1. The van der Waals surface area contributed by atoms with E-state index in [2.05, 4.69) is 47.3 Å². The second-order valence-corrected chi connectivity index (χ2v) is 8.40. The summed E-state index contributed by atoms with van der Waals surface area (Å²) >= 11 is 3.97. The first-order valence-electron chi connectivity index (χ1n) is 7.48. The smallest absolute Gasteiger partial charge is 0.0649 e. The average molecular weight is 297 g/mol. The summed E-state index contributed by atoms with van der Waals surface area (Å²) in [4.78, 5) is 2.58. The van der Waals surface area contributed by atoms with Gasteiger partial charge >= 0.3 is 0 Å². The Morgan fingerprint density at radius 1 is 1.47 bits per heavy atom. The molecule has 0 spiro atoms. The van der Waals surface area contributed by atoms with Crippen molar-refractivity contribution in [2.45, 2.75) is 54.7 Å². The topological polar surface area (TPSA) is 15.3 Å². The maximum Gasteiger partial charge on any atom is 0.0649 e. The molecule has 1 saturated heterocycles. The third-order valence-electron chi connectivity index (χ3n) is 4.30. The SMILES string of the molecule is CCN1CCCC(NC2C[C@H](C)Sc3sccc32)C1. The molecular formula is C15H24N2S2. The summed E-state index contributed by atoms with van der Waals surface area (Å²) in [5, 5.41) is 6.94. The molecule has 3 heterocycles. The first-order chi connectivity index (χ1) is 9.26. The van der Waals surface area contributed by atoms with Crippen LogP contribution in [0.2, 0.25) is 0 Å². The molecular weight excluding hydrogens is 272 g/mol. The number of thiophene rings is 1. The van der Waals surface area contributed by atoms with Gasteiger partial charge in [0.15, 0.2) is 0 Å². The van der Waals surface area contributed by atoms with Crippen LogP contribution in [0.5, 0.6) is 0 Å². The lowest BCUT2D eigenvalue weighted by Crippen LogP contribution is -2.47. The van der Waals surface area contributed by atoms with Gasteiger partial charge in [-0.15, -0.1) is 23.1 Å². The lowest BCUT2D eigenvalue weighted by molar-refractivity contribution is 0.188. The molecule has 3 atom stereocenters. The third kappa shape index (κ3) is 3.18. The van der Waals surface area contributed by atoms with Crippen molar-refractivity contribution in [1.29, 1.82) is 0 Å². The van der Waals surface area contributed by atoms with Crippen LogP contribution < -0.4 is 5.32 Å². The average Bonchev–Trinajstić information content (AvgIpc) is 2.87. The van der Waals surface area contributed by atoms with E-state index in [0.717, 1.165) is 5.25 Å². The summed E-state index contributed by atoms with van der Waals surface area (Å²) in [5.74, 6) is 0. The zero-order valence-corrected chi connectivity index (χ0v) is 13.5. The Morgan fingerprint density at radius 3 is 3.21 bits per heavy atom. The van der Waals surface area contributed by atoms with Crippen molar-refractivity contribution in [2.24, 2.45) is 0 Å². The summed E-state index contributed by atoms with van der Waals surface area (Å²) in [6.45, 7) is 8.35. The number of piperidine rings is 1. The Hall–Kier alpha value is -0.0300. The van der Waals surface area contributed by atoms with Crippen LogP contribution in [0, 0.1) is 0 Å². The molecule has 3 rings (SSSR count). The number of likely N-dealkylation sites (tertiary alicyclic amines) is 1. The second-order valence-electron chi connectivity index (χ2n) is 5.78. The number of hydrogen-bond donors (Lipinski definition) is 1. The molecule has 0 radical (unpaired) electrons. The molecule has 0 aromatic carbocycles. The standard InChI is InChI=1S/C15H24N2S2/c1-3-17-7-4-5-12(10-17)16-14-9-11(2)19-15-13(14)6-8-18-15/h6,8,11-12,14,16H,3-5,7,9-10H2,1-2H3/t11-,12?,14?/m0/s1. The van der Waals surface area contributed by atoms with E-state index in [9.17, 15) is 0 Å². The molecule has 2 unspecified atom stereocenters. The zero-order chi connectivity index (χ0) is 13.2. The fraction of sp³-hybridized carbons (Fsp3) is 0.733. The molecule has 2 aliphatic heterocycles. The fourth-order valence-electron chi connectivity index (χ4n) is 3.27. The zero-order valence-electron chi connectivity index (χ0n) is 11.9. The van der Waals surface area contributed by atoms with Crippen LogP contribution in [-0.2, 0) is 0 Å². The van der Waals surface area contributed by atoms with E-state index in [0.29, 0.717) is 12.1 Å². The van der Waals surface area contributed by atoms with E-state index < -0.39 is 0 Å². The van der Waals surface area contributed by atoms with E-state index in [4.69, 9.17) is 0 Å². The number of rotatable bonds is 3. The van der Waals surface area contributed by atoms with Crippen LogP contribution in [0.1, 0.15) is 44.7 Å². The van der Waals surface area contributed by atoms with Gasteiger partial charge in [-0.2, -0.15) is 0 Å². The monoisotopic (exact) mass is 296 g/mol. The van der Waals surface area contributed by atoms with Gasteiger partial charge in [-0.1, -0.05) is 13.8 Å². The summed E-state index contributed by atoms with van der Waals surface area (Å²) in [5.41, 5.74) is 1.56. The molecule has 4 heteroatoms. The first kappa shape index (κ1) is 13.9. The Bertz CT molecular complexity index is 418. The quantitative estimate of drug-likeness (QED) is 0.914. The van der Waals surface area contributed by atoms with Gasteiger partial charge < -0.3 is 10.2 Å². The van der Waals surface area contributed by atoms with E-state index in [1.807, 2.05) is 11.3 Å². The molecule has 1 aromatic rings. The van der Waals surface area contributed by atoms with Gasteiger partial charge in [0.05, 0.1) is 4.21 Å². The van der Waals surface area contributed by atoms with Gasteiger partial charge in [-0.05, 0) is 49.4 Å². The van der Waals surface area contributed by atoms with Gasteiger partial charge in [0.25, 0.3) is 0 Å². The van der Waals surface area contributed by atoms with Crippen LogP contribution in [0.3, 0.4) is 0 Å². The molecule has 1 N–H and O–H groups in total. The molecule has 1 fully saturated rings. The molecule has 1 aromatic heterocycles. The number of fused-ring (bicyclic) bond motifs is 1. The minimum absolute atomic E-state index is 0.583. The van der Waals surface area contributed by atoms with Crippen LogP contribution in [0.15, 0.2) is 15.7 Å². The van der Waals surface area contributed by atoms with Gasteiger partial charge in [0, 0.05) is 23.9 Å². The Balaban J connectivity index is 1.67. The molecule has 2 nitrogen and oxygen atoms in total. The number of nitrogens with one attached hydrogen (secondary N) is 1. The van der Waals surface area contributed by atoms with E-state index in [1.165, 1.54) is 38.9 Å². The van der Waals surface area contributed by atoms with Gasteiger partial charge in [-0.25, -0.2) is 0 Å². The highest BCUT2D eigenvalue weighted by Gasteiger charge is 2.29. The molecule has 0 aliphatic carbocycles. The number of thioether (sulfide) groups is 1. The van der Waals surface area contributed by atoms with Gasteiger partial charge in [0.1, 0.15) is 0 Å². The van der Waals surface area contributed by atoms with Crippen LogP contribution >= 0.6 is 23.1 Å². The minimum Gasteiger partial charge on any atom is -0.306 e. The van der Waals surface area contributed by atoms with Crippen molar-refractivity contribution >= 4 is 23.1 Å². The van der Waals surface area contributed by atoms with Gasteiger partial charge in [0.2, 0.25) is 0 Å². The van der Waals surface area contributed by atoms with E-state index >= 15 is 0 Å². The predicted octanol–water partition coefficient (Wildman–Crippen LogP) is 3.75. The molecule has 0 amide bonds. The Morgan fingerprint density at radius 2 is 2.37 bits per heavy atom. The van der Waals surface area contributed by atoms with Crippen molar-refractivity contribution in [3.63, 3.8) is 0 Å². The summed E-state index contributed by atoms with van der Waals surface area (Å²) in [6.07, 6.45) is 3.96. The second kappa shape index (κ2) is 6.17. The van der Waals surface area contributed by atoms with Crippen molar-refractivity contribution in [1.82, 2.24) is 10.2 Å². The van der Waals surface area contributed by atoms with Crippen molar-refractivity contribution in [3.8, 4) is 0 Å². The summed E-state index contributed by atoms with van der Waals surface area (Å²) in [7, 11) is 0. The highest BCUT2D eigenvalue weighted by molar-refractivity contribution is 8.01. The van der Waals surface area contributed by atoms with E-state index in [-0.39, 0.29) is 0 Å². The lowest BCUT2D eigenvalue weighted by Gasteiger charge is -2.36. The first-order valence-corrected chi connectivity index (χ1v) is 9.24. The highest BCUT2D eigenvalue weighted by Crippen LogP contribution is 2.44. The van der Waals surface area contributed by atoms with Crippen LogP contribution in [0.4, 0.5) is 0 Å². The fourth-order valence-corrected chi connectivity index (χ4v) is 5.84. The van der Waals surface area contributed by atoms with Gasteiger partial charge in [-0.3, -0.25) is 0 Å². The summed E-state index contributed by atoms with van der Waals surface area (Å²) in [6, 6.07) is 3.60. The molecule has 0 saturated carbocycles. The molecule has 19 heavy (non-hydrogen) atoms. The van der Waals surface area contributed by atoms with E-state index in [1.54, 1.807) is 9.77 Å². The lowest BCUT2D eigenvalue weighted by atomic mass is 10.00. The van der Waals surface area contributed by atoms with Crippen molar-refractivity contribution in [2.75, 3.05) is 19.6 Å². The maximum absolute atomic E-state index is 3.95. The normalized spacial score (nSPS) is 32.2. The molecule has 2 aliphatic rings. The minimum atomic E-state index is 0.583. The number of hydrogen-bond acceptors (Lipinski definition) is 4. The Labute approximate surface area is 125 Å². The number of likely N-dealkylation sites (N-methyl/N-ethyl adjacent to an activating group) is 1. The molecule has 0 bridgehead atoms. The maximum atomic E-state index is 3.95. The van der Waals surface area contributed by atoms with Crippen molar-refractivity contribution < 1.29 is 0 Å².